The second-order valence-corrected chi connectivity index (χ2v) is 5.51. The number of hydrogen-bond donors (Lipinski definition) is 2. The Bertz CT molecular complexity index is 1010. The molecule has 0 saturated heterocycles. The van der Waals surface area contributed by atoms with Crippen LogP contribution in [0.15, 0.2) is 23.0 Å². The third-order valence-electron chi connectivity index (χ3n) is 4.19. The van der Waals surface area contributed by atoms with E-state index in [2.05, 4.69) is 31.0 Å². The molecule has 0 amide bonds. The fourth-order valence-electron chi connectivity index (χ4n) is 3.04. The number of aromatic amines is 1. The highest BCUT2D eigenvalue weighted by atomic mass is 16.5. The number of aryl methyl sites for hydroxylation is 1. The summed E-state index contributed by atoms with van der Waals surface area (Å²) < 4.78 is 12.4. The van der Waals surface area contributed by atoms with Gasteiger partial charge in [0.1, 0.15) is 23.2 Å². The van der Waals surface area contributed by atoms with Gasteiger partial charge in [0.15, 0.2) is 0 Å². The van der Waals surface area contributed by atoms with Gasteiger partial charge in [-0.05, 0) is 35.5 Å². The van der Waals surface area contributed by atoms with Gasteiger partial charge in [0.05, 0.1) is 19.9 Å². The van der Waals surface area contributed by atoms with Crippen molar-refractivity contribution in [2.24, 2.45) is 0 Å². The number of benzene rings is 1. The number of rotatable bonds is 3. The van der Waals surface area contributed by atoms with Crippen LogP contribution in [0.3, 0.4) is 0 Å². The van der Waals surface area contributed by atoms with Crippen molar-refractivity contribution in [1.82, 2.24) is 30.4 Å². The number of H-pyrrole nitrogens is 1. The lowest BCUT2D eigenvalue weighted by atomic mass is 9.94. The average Bonchev–Trinajstić information content (AvgIpc) is 3.11. The molecule has 0 fully saturated rings. The van der Waals surface area contributed by atoms with Gasteiger partial charge in [-0.25, -0.2) is 5.10 Å². The van der Waals surface area contributed by atoms with Crippen molar-refractivity contribution in [3.63, 3.8) is 0 Å². The molecule has 10 nitrogen and oxygen atoms in total. The molecule has 3 aromatic rings. The van der Waals surface area contributed by atoms with Crippen LogP contribution < -0.4 is 20.3 Å². The summed E-state index contributed by atoms with van der Waals surface area (Å²) in [7, 11) is 3.17. The van der Waals surface area contributed by atoms with Gasteiger partial charge in [-0.15, -0.1) is 0 Å². The van der Waals surface area contributed by atoms with Gasteiger partial charge < -0.3 is 14.8 Å². The van der Waals surface area contributed by atoms with E-state index in [0.29, 0.717) is 34.4 Å². The average molecular weight is 341 g/mol. The number of nitrogens with one attached hydrogen (secondary N) is 2. The minimum absolute atomic E-state index is 0.346. The topological polar surface area (TPSA) is 120 Å². The van der Waals surface area contributed by atoms with Gasteiger partial charge in [0, 0.05) is 11.1 Å². The first-order valence-corrected chi connectivity index (χ1v) is 7.50. The Hall–Kier alpha value is -3.43. The third kappa shape index (κ3) is 2.22. The molecule has 1 atom stereocenters. The van der Waals surface area contributed by atoms with Gasteiger partial charge in [0.2, 0.25) is 5.95 Å². The summed E-state index contributed by atoms with van der Waals surface area (Å²) in [6.45, 7) is 1.81. The van der Waals surface area contributed by atoms with E-state index in [1.165, 1.54) is 0 Å². The van der Waals surface area contributed by atoms with Crippen LogP contribution in [0.25, 0.3) is 0 Å². The standard InChI is InChI=1S/C15H15N7O3/c1-7-11-12(14(23)18-17-7)16-15-19-20-21-22(15)13(11)9-6-8(24-2)4-5-10(9)25-3/h4-6,13H,1-3H3,(H,18,23)(H,16,19,21)/t13-/m0/s1. The lowest BCUT2D eigenvalue weighted by Crippen LogP contribution is -2.29. The summed E-state index contributed by atoms with van der Waals surface area (Å²) in [6.07, 6.45) is 0. The smallest absolute Gasteiger partial charge is 0.288 e. The van der Waals surface area contributed by atoms with Gasteiger partial charge >= 0.3 is 0 Å². The zero-order valence-electron chi connectivity index (χ0n) is 13.8. The summed E-state index contributed by atoms with van der Waals surface area (Å²) in [4.78, 5) is 12.3. The largest absolute Gasteiger partial charge is 0.497 e. The monoisotopic (exact) mass is 341 g/mol. The molecule has 0 bridgehead atoms. The molecule has 2 aromatic heterocycles. The summed E-state index contributed by atoms with van der Waals surface area (Å²) >= 11 is 0. The van der Waals surface area contributed by atoms with E-state index < -0.39 is 6.04 Å². The van der Waals surface area contributed by atoms with Crippen molar-refractivity contribution in [1.29, 1.82) is 0 Å². The number of fused-ring (bicyclic) bond motifs is 2. The molecule has 1 aromatic carbocycles. The molecular weight excluding hydrogens is 326 g/mol. The Kier molecular flexibility index (Phi) is 3.38. The predicted molar refractivity (Wildman–Crippen MR) is 87.5 cm³/mol. The lowest BCUT2D eigenvalue weighted by molar-refractivity contribution is 0.392. The zero-order chi connectivity index (χ0) is 17.6. The Morgan fingerprint density at radius 2 is 2.08 bits per heavy atom. The van der Waals surface area contributed by atoms with Crippen molar-refractivity contribution in [3.05, 3.63) is 45.4 Å². The summed E-state index contributed by atoms with van der Waals surface area (Å²) in [5.41, 5.74) is 2.10. The third-order valence-corrected chi connectivity index (χ3v) is 4.19. The van der Waals surface area contributed by atoms with Crippen LogP contribution in [-0.4, -0.2) is 44.6 Å². The molecule has 10 heteroatoms. The van der Waals surface area contributed by atoms with Crippen LogP contribution in [0.4, 0.5) is 11.6 Å². The van der Waals surface area contributed by atoms with Crippen molar-refractivity contribution >= 4 is 11.6 Å². The Labute approximate surface area is 141 Å². The number of aromatic nitrogens is 6. The first kappa shape index (κ1) is 15.1. The maximum atomic E-state index is 12.3. The molecule has 1 aliphatic heterocycles. The molecule has 0 aliphatic carbocycles. The first-order chi connectivity index (χ1) is 12.1. The van der Waals surface area contributed by atoms with Crippen molar-refractivity contribution in [2.75, 3.05) is 19.5 Å². The molecule has 0 radical (unpaired) electrons. The van der Waals surface area contributed by atoms with Gasteiger partial charge in [0.25, 0.3) is 5.56 Å². The van der Waals surface area contributed by atoms with Crippen molar-refractivity contribution < 1.29 is 9.47 Å². The highest BCUT2D eigenvalue weighted by Gasteiger charge is 2.34. The van der Waals surface area contributed by atoms with Gasteiger partial charge in [-0.2, -0.15) is 9.78 Å². The molecule has 2 N–H and O–H groups in total. The predicted octanol–water partition coefficient (Wildman–Crippen LogP) is 0.777. The normalized spacial score (nSPS) is 15.1. The summed E-state index contributed by atoms with van der Waals surface area (Å²) in [5.74, 6) is 1.64. The van der Waals surface area contributed by atoms with E-state index >= 15 is 0 Å². The molecule has 0 spiro atoms. The highest BCUT2D eigenvalue weighted by Crippen LogP contribution is 2.42. The van der Waals surface area contributed by atoms with Crippen molar-refractivity contribution in [3.8, 4) is 11.5 Å². The van der Waals surface area contributed by atoms with Crippen LogP contribution in [0.2, 0.25) is 0 Å². The van der Waals surface area contributed by atoms with E-state index in [9.17, 15) is 4.79 Å². The number of methoxy groups -OCH3 is 2. The SMILES string of the molecule is COc1ccc(OC)c([C@H]2c3c(C)n[nH]c(=O)c3Nc3nnnn32)c1. The molecule has 3 heterocycles. The Balaban J connectivity index is 2.05. The fourth-order valence-corrected chi connectivity index (χ4v) is 3.04. The van der Waals surface area contributed by atoms with Gasteiger partial charge in [-0.3, -0.25) is 4.79 Å². The highest BCUT2D eigenvalue weighted by molar-refractivity contribution is 5.65. The molecule has 1 aliphatic rings. The number of ether oxygens (including phenoxy) is 2. The van der Waals surface area contributed by atoms with E-state index in [1.807, 2.05) is 13.0 Å². The molecule has 4 rings (SSSR count). The van der Waals surface area contributed by atoms with E-state index in [0.717, 1.165) is 5.56 Å². The Morgan fingerprint density at radius 1 is 1.24 bits per heavy atom. The fraction of sp³-hybridized carbons (Fsp3) is 0.267. The minimum Gasteiger partial charge on any atom is -0.497 e. The van der Waals surface area contributed by atoms with Crippen LogP contribution in [0.1, 0.15) is 22.9 Å². The molecule has 0 saturated carbocycles. The summed E-state index contributed by atoms with van der Waals surface area (Å²) in [6, 6.07) is 4.95. The zero-order valence-corrected chi connectivity index (χ0v) is 13.8. The number of anilines is 2. The van der Waals surface area contributed by atoms with Crippen LogP contribution in [0, 0.1) is 6.92 Å². The molecule has 128 valence electrons. The molecular formula is C15H15N7O3. The second-order valence-electron chi connectivity index (χ2n) is 5.51. The maximum absolute atomic E-state index is 12.3. The van der Waals surface area contributed by atoms with E-state index in [-0.39, 0.29) is 5.56 Å². The van der Waals surface area contributed by atoms with Crippen molar-refractivity contribution in [2.45, 2.75) is 13.0 Å². The van der Waals surface area contributed by atoms with Crippen LogP contribution in [0.5, 0.6) is 11.5 Å². The molecule has 25 heavy (non-hydrogen) atoms. The Morgan fingerprint density at radius 3 is 2.84 bits per heavy atom. The minimum atomic E-state index is -0.485. The van der Waals surface area contributed by atoms with E-state index in [1.54, 1.807) is 31.0 Å². The van der Waals surface area contributed by atoms with Gasteiger partial charge in [-0.1, -0.05) is 5.10 Å². The quantitative estimate of drug-likeness (QED) is 0.561. The first-order valence-electron chi connectivity index (χ1n) is 7.50. The maximum Gasteiger partial charge on any atom is 0.288 e. The number of nitrogens with zero attached hydrogens (tertiary/aromatic N) is 5. The second kappa shape index (κ2) is 5.58. The number of tetrazole rings is 1. The van der Waals surface area contributed by atoms with E-state index in [4.69, 9.17) is 9.47 Å². The molecule has 0 unspecified atom stereocenters. The van der Waals surface area contributed by atoms with Crippen LogP contribution >= 0.6 is 0 Å². The van der Waals surface area contributed by atoms with Crippen LogP contribution in [-0.2, 0) is 0 Å². The number of hydrogen-bond acceptors (Lipinski definition) is 8. The summed E-state index contributed by atoms with van der Waals surface area (Å²) in [5, 5.41) is 21.3. The lowest BCUT2D eigenvalue weighted by Gasteiger charge is -2.28.